The van der Waals surface area contributed by atoms with E-state index in [0.29, 0.717) is 11.8 Å². The molecule has 2 N–H and O–H groups in total. The third-order valence-corrected chi connectivity index (χ3v) is 3.16. The molecule has 0 aliphatic carbocycles. The largest absolute Gasteiger partial charge is 0.381 e. The number of hydrogen-bond donors (Lipinski definition) is 2. The van der Waals surface area contributed by atoms with Gasteiger partial charge in [0.2, 0.25) is 5.91 Å². The number of ether oxygens (including phenoxy) is 1. The van der Waals surface area contributed by atoms with Crippen molar-refractivity contribution in [2.45, 2.75) is 33.6 Å². The van der Waals surface area contributed by atoms with Crippen LogP contribution in [0.15, 0.2) is 0 Å². The summed E-state index contributed by atoms with van der Waals surface area (Å²) in [5.74, 6) is 1.52. The van der Waals surface area contributed by atoms with E-state index < -0.39 is 0 Å². The molecular weight excluding hydrogens is 228 g/mol. The normalized spacial score (nSPS) is 24.2. The molecule has 2 atom stereocenters. The lowest BCUT2D eigenvalue weighted by molar-refractivity contribution is -0.125. The lowest BCUT2D eigenvalue weighted by Gasteiger charge is -2.26. The zero-order valence-corrected chi connectivity index (χ0v) is 12.0. The van der Waals surface area contributed by atoms with Gasteiger partial charge in [0.1, 0.15) is 0 Å². The minimum atomic E-state index is 0.144. The summed E-state index contributed by atoms with van der Waals surface area (Å²) in [6.45, 7) is 10.6. The molecular formula is C14H28N2O2. The van der Waals surface area contributed by atoms with Crippen molar-refractivity contribution in [3.8, 4) is 0 Å². The van der Waals surface area contributed by atoms with E-state index in [1.54, 1.807) is 0 Å². The highest BCUT2D eigenvalue weighted by molar-refractivity contribution is 5.78. The van der Waals surface area contributed by atoms with E-state index in [2.05, 4.69) is 31.4 Å². The highest BCUT2D eigenvalue weighted by Gasteiger charge is 2.24. The Morgan fingerprint density at radius 3 is 2.89 bits per heavy atom. The molecule has 106 valence electrons. The minimum Gasteiger partial charge on any atom is -0.381 e. The number of rotatable bonds is 7. The summed E-state index contributed by atoms with van der Waals surface area (Å²) in [6, 6.07) is 0. The molecule has 4 nitrogen and oxygen atoms in total. The maximum Gasteiger partial charge on any atom is 0.224 e. The first kappa shape index (κ1) is 15.4. The second-order valence-electron chi connectivity index (χ2n) is 5.81. The Hall–Kier alpha value is -0.610. The van der Waals surface area contributed by atoms with Gasteiger partial charge in [-0.25, -0.2) is 0 Å². The fourth-order valence-electron chi connectivity index (χ4n) is 2.21. The Bertz CT molecular complexity index is 244. The zero-order valence-electron chi connectivity index (χ0n) is 12.0. The minimum absolute atomic E-state index is 0.144. The summed E-state index contributed by atoms with van der Waals surface area (Å²) in [6.07, 6.45) is 1.90. The van der Waals surface area contributed by atoms with Gasteiger partial charge in [-0.2, -0.15) is 0 Å². The molecule has 1 rings (SSSR count). The van der Waals surface area contributed by atoms with Crippen LogP contribution < -0.4 is 10.6 Å². The molecule has 4 heteroatoms. The summed E-state index contributed by atoms with van der Waals surface area (Å²) in [7, 11) is 0. The van der Waals surface area contributed by atoms with E-state index in [0.717, 1.165) is 45.7 Å². The second-order valence-corrected chi connectivity index (χ2v) is 5.81. The average molecular weight is 256 g/mol. The number of hydrogen-bond acceptors (Lipinski definition) is 3. The summed E-state index contributed by atoms with van der Waals surface area (Å²) in [5.41, 5.74) is 0. The average Bonchev–Trinajstić information content (AvgIpc) is 2.33. The van der Waals surface area contributed by atoms with Crippen LogP contribution in [0.4, 0.5) is 0 Å². The first-order valence-electron chi connectivity index (χ1n) is 7.15. The van der Waals surface area contributed by atoms with Gasteiger partial charge in [-0.3, -0.25) is 4.79 Å². The third-order valence-electron chi connectivity index (χ3n) is 3.16. The molecule has 18 heavy (non-hydrogen) atoms. The SMILES string of the molecule is CC(C)COCCCNC(=O)C1CNCC(C)C1. The molecule has 1 aliphatic rings. The van der Waals surface area contributed by atoms with E-state index in [4.69, 9.17) is 4.74 Å². The van der Waals surface area contributed by atoms with E-state index in [1.165, 1.54) is 0 Å². The van der Waals surface area contributed by atoms with Crippen molar-refractivity contribution in [2.75, 3.05) is 32.8 Å². The maximum atomic E-state index is 11.9. The summed E-state index contributed by atoms with van der Waals surface area (Å²) in [4.78, 5) is 11.9. The lowest BCUT2D eigenvalue weighted by Crippen LogP contribution is -2.43. The van der Waals surface area contributed by atoms with E-state index >= 15 is 0 Å². The van der Waals surface area contributed by atoms with Crippen LogP contribution in [0.5, 0.6) is 0 Å². The van der Waals surface area contributed by atoms with Gasteiger partial charge in [-0.15, -0.1) is 0 Å². The third kappa shape index (κ3) is 6.36. The highest BCUT2D eigenvalue weighted by atomic mass is 16.5. The number of carbonyl (C=O) groups is 1. The quantitative estimate of drug-likeness (QED) is 0.677. The molecule has 1 fully saturated rings. The van der Waals surface area contributed by atoms with Gasteiger partial charge in [-0.05, 0) is 31.2 Å². The van der Waals surface area contributed by atoms with Crippen LogP contribution in [-0.4, -0.2) is 38.8 Å². The van der Waals surface area contributed by atoms with Crippen LogP contribution >= 0.6 is 0 Å². The Labute approximate surface area is 111 Å². The number of nitrogens with one attached hydrogen (secondary N) is 2. The molecule has 1 aliphatic heterocycles. The summed E-state index contributed by atoms with van der Waals surface area (Å²) < 4.78 is 5.48. The molecule has 0 saturated carbocycles. The number of piperidine rings is 1. The predicted octanol–water partition coefficient (Wildman–Crippen LogP) is 1.41. The van der Waals surface area contributed by atoms with Crippen LogP contribution in [0.2, 0.25) is 0 Å². The first-order valence-corrected chi connectivity index (χ1v) is 7.15. The van der Waals surface area contributed by atoms with Crippen molar-refractivity contribution >= 4 is 5.91 Å². The van der Waals surface area contributed by atoms with Crippen molar-refractivity contribution in [1.82, 2.24) is 10.6 Å². The number of carbonyl (C=O) groups excluding carboxylic acids is 1. The Kier molecular flexibility index (Phi) is 7.28. The van der Waals surface area contributed by atoms with Gasteiger partial charge in [0.25, 0.3) is 0 Å². The Morgan fingerprint density at radius 2 is 2.22 bits per heavy atom. The van der Waals surface area contributed by atoms with Crippen molar-refractivity contribution in [1.29, 1.82) is 0 Å². The van der Waals surface area contributed by atoms with Gasteiger partial charge >= 0.3 is 0 Å². The standard InChI is InChI=1S/C14H28N2O2/c1-11(2)10-18-6-4-5-16-14(17)13-7-12(3)8-15-9-13/h11-13,15H,4-10H2,1-3H3,(H,16,17). The fraction of sp³-hybridized carbons (Fsp3) is 0.929. The monoisotopic (exact) mass is 256 g/mol. The van der Waals surface area contributed by atoms with Gasteiger partial charge in [0.05, 0.1) is 5.92 Å². The van der Waals surface area contributed by atoms with Gasteiger partial charge in [-0.1, -0.05) is 20.8 Å². The van der Waals surface area contributed by atoms with Crippen molar-refractivity contribution < 1.29 is 9.53 Å². The maximum absolute atomic E-state index is 11.9. The topological polar surface area (TPSA) is 50.4 Å². The van der Waals surface area contributed by atoms with Crippen molar-refractivity contribution in [3.63, 3.8) is 0 Å². The van der Waals surface area contributed by atoms with E-state index in [9.17, 15) is 4.79 Å². The van der Waals surface area contributed by atoms with Gasteiger partial charge in [0, 0.05) is 26.3 Å². The second kappa shape index (κ2) is 8.48. The van der Waals surface area contributed by atoms with Crippen LogP contribution in [0.1, 0.15) is 33.6 Å². The molecule has 2 unspecified atom stereocenters. The van der Waals surface area contributed by atoms with Crippen LogP contribution in [0.3, 0.4) is 0 Å². The van der Waals surface area contributed by atoms with Gasteiger partial charge in [0.15, 0.2) is 0 Å². The molecule has 1 amide bonds. The number of amides is 1. The molecule has 1 heterocycles. The summed E-state index contributed by atoms with van der Waals surface area (Å²) >= 11 is 0. The molecule has 0 radical (unpaired) electrons. The molecule has 0 bridgehead atoms. The predicted molar refractivity (Wildman–Crippen MR) is 73.4 cm³/mol. The Morgan fingerprint density at radius 1 is 1.44 bits per heavy atom. The molecule has 0 aromatic heterocycles. The Balaban J connectivity index is 2.02. The van der Waals surface area contributed by atoms with Crippen LogP contribution in [-0.2, 0) is 9.53 Å². The van der Waals surface area contributed by atoms with Crippen molar-refractivity contribution in [2.24, 2.45) is 17.8 Å². The zero-order chi connectivity index (χ0) is 13.4. The molecule has 0 spiro atoms. The first-order chi connectivity index (χ1) is 8.59. The highest BCUT2D eigenvalue weighted by Crippen LogP contribution is 2.15. The van der Waals surface area contributed by atoms with Crippen LogP contribution in [0.25, 0.3) is 0 Å². The van der Waals surface area contributed by atoms with E-state index in [-0.39, 0.29) is 11.8 Å². The van der Waals surface area contributed by atoms with Gasteiger partial charge < -0.3 is 15.4 Å². The van der Waals surface area contributed by atoms with Crippen LogP contribution in [0, 0.1) is 17.8 Å². The lowest BCUT2D eigenvalue weighted by atomic mass is 9.91. The molecule has 1 saturated heterocycles. The van der Waals surface area contributed by atoms with Crippen molar-refractivity contribution in [3.05, 3.63) is 0 Å². The molecule has 0 aromatic rings. The smallest absolute Gasteiger partial charge is 0.224 e. The van der Waals surface area contributed by atoms with E-state index in [1.807, 2.05) is 0 Å². The molecule has 0 aromatic carbocycles. The fourth-order valence-corrected chi connectivity index (χ4v) is 2.21. The summed E-state index contributed by atoms with van der Waals surface area (Å²) in [5, 5.41) is 6.31.